The van der Waals surface area contributed by atoms with Crippen molar-refractivity contribution in [2.75, 3.05) is 25.0 Å². The second kappa shape index (κ2) is 12.6. The maximum Gasteiger partial charge on any atom is 0.264 e. The number of anilines is 1. The first-order valence-corrected chi connectivity index (χ1v) is 13.8. The first kappa shape index (κ1) is 28.7. The SMILES string of the molecule is CC[C@@H](C(=O)NC)N(Cc1ccc(OC)cc1)C(=O)CN(c1cc(C)ccc1C)S(=O)(=O)c1ccccc1. The van der Waals surface area contributed by atoms with Gasteiger partial charge < -0.3 is 15.0 Å². The van der Waals surface area contributed by atoms with Crippen LogP contribution in [0.3, 0.4) is 0 Å². The number of carbonyl (C=O) groups is 2. The van der Waals surface area contributed by atoms with Crippen molar-refractivity contribution < 1.29 is 22.7 Å². The Labute approximate surface area is 225 Å². The zero-order valence-corrected chi connectivity index (χ0v) is 23.3. The molecule has 3 aromatic carbocycles. The van der Waals surface area contributed by atoms with Gasteiger partial charge in [0.1, 0.15) is 18.3 Å². The van der Waals surface area contributed by atoms with E-state index in [-0.39, 0.29) is 17.3 Å². The van der Waals surface area contributed by atoms with E-state index in [1.807, 2.05) is 38.1 Å². The highest BCUT2D eigenvalue weighted by molar-refractivity contribution is 7.92. The summed E-state index contributed by atoms with van der Waals surface area (Å²) < 4.78 is 34.1. The summed E-state index contributed by atoms with van der Waals surface area (Å²) in [5.74, 6) is -0.143. The third-order valence-electron chi connectivity index (χ3n) is 6.39. The summed E-state index contributed by atoms with van der Waals surface area (Å²) in [5, 5.41) is 2.63. The molecule has 0 saturated carbocycles. The first-order chi connectivity index (χ1) is 18.1. The lowest BCUT2D eigenvalue weighted by Crippen LogP contribution is -2.51. The average Bonchev–Trinajstić information content (AvgIpc) is 2.93. The molecule has 0 fully saturated rings. The summed E-state index contributed by atoms with van der Waals surface area (Å²) in [6.07, 6.45) is 0.358. The van der Waals surface area contributed by atoms with Crippen LogP contribution in [-0.4, -0.2) is 51.9 Å². The molecule has 0 aromatic heterocycles. The molecule has 0 spiro atoms. The summed E-state index contributed by atoms with van der Waals surface area (Å²) in [4.78, 5) is 28.3. The molecule has 8 nitrogen and oxygen atoms in total. The maximum atomic E-state index is 14.0. The minimum Gasteiger partial charge on any atom is -0.497 e. The van der Waals surface area contributed by atoms with Crippen LogP contribution in [0, 0.1) is 13.8 Å². The van der Waals surface area contributed by atoms with Gasteiger partial charge in [-0.05, 0) is 67.3 Å². The van der Waals surface area contributed by atoms with Gasteiger partial charge in [-0.25, -0.2) is 8.42 Å². The molecule has 3 aromatic rings. The summed E-state index contributed by atoms with van der Waals surface area (Å²) in [6, 6.07) is 19.9. The lowest BCUT2D eigenvalue weighted by molar-refractivity contribution is -0.140. The van der Waals surface area contributed by atoms with E-state index in [2.05, 4.69) is 5.32 Å². The van der Waals surface area contributed by atoms with E-state index in [0.29, 0.717) is 23.4 Å². The molecule has 0 unspecified atom stereocenters. The third kappa shape index (κ3) is 6.52. The van der Waals surface area contributed by atoms with Crippen LogP contribution >= 0.6 is 0 Å². The number of methoxy groups -OCH3 is 1. The number of benzene rings is 3. The Morgan fingerprint density at radius 1 is 0.974 bits per heavy atom. The minimum absolute atomic E-state index is 0.0775. The van der Waals surface area contributed by atoms with E-state index in [4.69, 9.17) is 4.74 Å². The van der Waals surface area contributed by atoms with Crippen LogP contribution in [0.1, 0.15) is 30.0 Å². The molecule has 38 heavy (non-hydrogen) atoms. The molecular formula is C29H35N3O5S. The molecule has 202 valence electrons. The van der Waals surface area contributed by atoms with Gasteiger partial charge in [-0.3, -0.25) is 13.9 Å². The number of amides is 2. The lowest BCUT2D eigenvalue weighted by Gasteiger charge is -2.33. The Hall–Kier alpha value is -3.85. The Bertz CT molecular complexity index is 1360. The quantitative estimate of drug-likeness (QED) is 0.398. The number of likely N-dealkylation sites (N-methyl/N-ethyl adjacent to an activating group) is 1. The van der Waals surface area contributed by atoms with Crippen molar-refractivity contribution in [3.05, 3.63) is 89.5 Å². The van der Waals surface area contributed by atoms with Gasteiger partial charge in [-0.1, -0.05) is 49.4 Å². The van der Waals surface area contributed by atoms with Crippen LogP contribution in [0.25, 0.3) is 0 Å². The fourth-order valence-electron chi connectivity index (χ4n) is 4.23. The molecule has 0 radical (unpaired) electrons. The van der Waals surface area contributed by atoms with Crippen LogP contribution in [0.5, 0.6) is 5.75 Å². The Morgan fingerprint density at radius 3 is 2.21 bits per heavy atom. The molecule has 3 rings (SSSR count). The van der Waals surface area contributed by atoms with E-state index in [1.54, 1.807) is 50.4 Å². The maximum absolute atomic E-state index is 14.0. The van der Waals surface area contributed by atoms with Gasteiger partial charge in [-0.15, -0.1) is 0 Å². The monoisotopic (exact) mass is 537 g/mol. The summed E-state index contributed by atoms with van der Waals surface area (Å²) in [5.41, 5.74) is 2.77. The first-order valence-electron chi connectivity index (χ1n) is 12.4. The van der Waals surface area contributed by atoms with Crippen molar-refractivity contribution in [2.45, 2.75) is 44.7 Å². The highest BCUT2D eigenvalue weighted by Crippen LogP contribution is 2.28. The smallest absolute Gasteiger partial charge is 0.264 e. The van der Waals surface area contributed by atoms with Crippen LogP contribution in [0.2, 0.25) is 0 Å². The number of sulfonamides is 1. The fourth-order valence-corrected chi connectivity index (χ4v) is 5.73. The second-order valence-electron chi connectivity index (χ2n) is 9.02. The zero-order chi connectivity index (χ0) is 27.9. The number of nitrogens with one attached hydrogen (secondary N) is 1. The fraction of sp³-hybridized carbons (Fsp3) is 0.310. The number of rotatable bonds is 11. The molecular weight excluding hydrogens is 502 g/mol. The van der Waals surface area contributed by atoms with Gasteiger partial charge in [0.25, 0.3) is 10.0 Å². The normalized spacial score (nSPS) is 11.9. The molecule has 0 bridgehead atoms. The van der Waals surface area contributed by atoms with Gasteiger partial charge >= 0.3 is 0 Å². The third-order valence-corrected chi connectivity index (χ3v) is 8.16. The molecule has 0 aliphatic heterocycles. The highest BCUT2D eigenvalue weighted by Gasteiger charge is 2.33. The number of ether oxygens (including phenoxy) is 1. The second-order valence-corrected chi connectivity index (χ2v) is 10.9. The Kier molecular flexibility index (Phi) is 9.52. The van der Waals surface area contributed by atoms with E-state index in [9.17, 15) is 18.0 Å². The number of nitrogens with zero attached hydrogens (tertiary/aromatic N) is 2. The van der Waals surface area contributed by atoms with Crippen LogP contribution in [0.15, 0.2) is 77.7 Å². The predicted octanol–water partition coefficient (Wildman–Crippen LogP) is 4.06. The average molecular weight is 538 g/mol. The van der Waals surface area contributed by atoms with Gasteiger partial charge in [0.05, 0.1) is 17.7 Å². The van der Waals surface area contributed by atoms with E-state index in [1.165, 1.54) is 24.1 Å². The number of aryl methyl sites for hydroxylation is 2. The molecule has 9 heteroatoms. The standard InChI is InChI=1S/C29H35N3O5S/c1-6-26(29(34)30-4)31(19-23-14-16-24(37-5)17-15-23)28(33)20-32(27-18-21(2)12-13-22(27)3)38(35,36)25-10-8-7-9-11-25/h7-18,26H,6,19-20H2,1-5H3,(H,30,34)/t26-/m0/s1. The van der Waals surface area contributed by atoms with Crippen LogP contribution < -0.4 is 14.4 Å². The van der Waals surface area contributed by atoms with Crippen molar-refractivity contribution >= 4 is 27.5 Å². The van der Waals surface area contributed by atoms with Crippen LogP contribution in [0.4, 0.5) is 5.69 Å². The van der Waals surface area contributed by atoms with Gasteiger partial charge in [0.15, 0.2) is 0 Å². The molecule has 0 aliphatic rings. The van der Waals surface area contributed by atoms with Gasteiger partial charge in [-0.2, -0.15) is 0 Å². The van der Waals surface area contributed by atoms with Crippen molar-refractivity contribution in [3.8, 4) is 5.75 Å². The summed E-state index contributed by atoms with van der Waals surface area (Å²) in [6.45, 7) is 5.15. The topological polar surface area (TPSA) is 96.0 Å². The molecule has 2 amide bonds. The van der Waals surface area contributed by atoms with Crippen molar-refractivity contribution in [3.63, 3.8) is 0 Å². The Morgan fingerprint density at radius 2 is 1.63 bits per heavy atom. The van der Waals surface area contributed by atoms with E-state index in [0.717, 1.165) is 15.4 Å². The number of hydrogen-bond donors (Lipinski definition) is 1. The molecule has 1 N–H and O–H groups in total. The largest absolute Gasteiger partial charge is 0.497 e. The Balaban J connectivity index is 2.08. The lowest BCUT2D eigenvalue weighted by atomic mass is 10.1. The van der Waals surface area contributed by atoms with Crippen molar-refractivity contribution in [1.82, 2.24) is 10.2 Å². The molecule has 0 aliphatic carbocycles. The predicted molar refractivity (Wildman–Crippen MR) is 149 cm³/mol. The van der Waals surface area contributed by atoms with Crippen molar-refractivity contribution in [1.29, 1.82) is 0 Å². The summed E-state index contributed by atoms with van der Waals surface area (Å²) in [7, 11) is -1.01. The number of carbonyl (C=O) groups excluding carboxylic acids is 2. The molecule has 0 heterocycles. The van der Waals surface area contributed by atoms with E-state index < -0.39 is 28.5 Å². The van der Waals surface area contributed by atoms with Crippen molar-refractivity contribution in [2.24, 2.45) is 0 Å². The molecule has 0 saturated heterocycles. The number of hydrogen-bond acceptors (Lipinski definition) is 5. The zero-order valence-electron chi connectivity index (χ0n) is 22.5. The highest BCUT2D eigenvalue weighted by atomic mass is 32.2. The van der Waals surface area contributed by atoms with Crippen LogP contribution in [-0.2, 0) is 26.2 Å². The molecule has 1 atom stereocenters. The summed E-state index contributed by atoms with van der Waals surface area (Å²) >= 11 is 0. The van der Waals surface area contributed by atoms with Gasteiger partial charge in [0, 0.05) is 13.6 Å². The van der Waals surface area contributed by atoms with E-state index >= 15 is 0 Å². The van der Waals surface area contributed by atoms with Gasteiger partial charge in [0.2, 0.25) is 11.8 Å². The minimum atomic E-state index is -4.09.